The lowest BCUT2D eigenvalue weighted by Gasteiger charge is -2.24. The number of anilines is 1. The van der Waals surface area contributed by atoms with E-state index in [4.69, 9.17) is 9.52 Å². The molecular formula is C18H22N4O2. The van der Waals surface area contributed by atoms with Crippen molar-refractivity contribution in [1.82, 2.24) is 15.0 Å². The van der Waals surface area contributed by atoms with Gasteiger partial charge in [0.2, 0.25) is 0 Å². The second-order valence-corrected chi connectivity index (χ2v) is 5.82. The third-order valence-corrected chi connectivity index (χ3v) is 3.81. The summed E-state index contributed by atoms with van der Waals surface area (Å²) in [7, 11) is 0. The van der Waals surface area contributed by atoms with Crippen molar-refractivity contribution in [2.75, 3.05) is 18.1 Å². The molecule has 126 valence electrons. The minimum atomic E-state index is 0.195. The zero-order valence-corrected chi connectivity index (χ0v) is 14.1. The van der Waals surface area contributed by atoms with Crippen LogP contribution in [0.1, 0.15) is 30.1 Å². The third-order valence-electron chi connectivity index (χ3n) is 3.81. The summed E-state index contributed by atoms with van der Waals surface area (Å²) in [6.07, 6.45) is 1.64. The van der Waals surface area contributed by atoms with E-state index in [1.165, 1.54) is 5.56 Å². The van der Waals surface area contributed by atoms with Crippen LogP contribution >= 0.6 is 0 Å². The van der Waals surface area contributed by atoms with E-state index < -0.39 is 0 Å². The minimum Gasteiger partial charge on any atom is -0.422 e. The molecular weight excluding hydrogens is 304 g/mol. The lowest BCUT2D eigenvalue weighted by Crippen LogP contribution is -2.26. The van der Waals surface area contributed by atoms with Crippen LogP contribution in [-0.4, -0.2) is 33.2 Å². The fraction of sp³-hybridized carbons (Fsp3) is 0.389. The second kappa shape index (κ2) is 7.40. The molecule has 0 unspecified atom stereocenters. The molecule has 0 saturated heterocycles. The number of hydrogen-bond acceptors (Lipinski definition) is 6. The summed E-state index contributed by atoms with van der Waals surface area (Å²) < 4.78 is 5.59. The molecule has 0 aliphatic heterocycles. The van der Waals surface area contributed by atoms with Crippen molar-refractivity contribution in [1.29, 1.82) is 0 Å². The van der Waals surface area contributed by atoms with Gasteiger partial charge in [-0.3, -0.25) is 0 Å². The van der Waals surface area contributed by atoms with E-state index in [9.17, 15) is 0 Å². The van der Waals surface area contributed by atoms with Gasteiger partial charge < -0.3 is 14.4 Å². The van der Waals surface area contributed by atoms with E-state index in [-0.39, 0.29) is 6.61 Å². The number of nitrogens with zero attached hydrogens (tertiary/aromatic N) is 4. The zero-order chi connectivity index (χ0) is 16.9. The van der Waals surface area contributed by atoms with Crippen molar-refractivity contribution >= 4 is 17.0 Å². The maximum absolute atomic E-state index is 9.09. The Labute approximate surface area is 141 Å². The molecule has 0 amide bonds. The van der Waals surface area contributed by atoms with Crippen LogP contribution in [-0.2, 0) is 6.54 Å². The Hall–Kier alpha value is -2.47. The Morgan fingerprint density at radius 2 is 1.83 bits per heavy atom. The fourth-order valence-electron chi connectivity index (χ4n) is 2.71. The first kappa shape index (κ1) is 16.4. The van der Waals surface area contributed by atoms with Gasteiger partial charge in [0.15, 0.2) is 17.2 Å². The predicted octanol–water partition coefficient (Wildman–Crippen LogP) is 3.01. The Balaban J connectivity index is 1.97. The SMILES string of the molecule is Cc1nc(N(CCCCO)Cc2ccccc2)c2nc(C)oc2n1. The highest BCUT2D eigenvalue weighted by Gasteiger charge is 2.18. The van der Waals surface area contributed by atoms with E-state index in [1.54, 1.807) is 0 Å². The van der Waals surface area contributed by atoms with Crippen LogP contribution in [0.2, 0.25) is 0 Å². The smallest absolute Gasteiger partial charge is 0.252 e. The first-order valence-corrected chi connectivity index (χ1v) is 8.19. The summed E-state index contributed by atoms with van der Waals surface area (Å²) >= 11 is 0. The number of aromatic nitrogens is 3. The van der Waals surface area contributed by atoms with Crippen molar-refractivity contribution in [2.45, 2.75) is 33.2 Å². The van der Waals surface area contributed by atoms with Crippen LogP contribution in [0.25, 0.3) is 11.2 Å². The number of hydrogen-bond donors (Lipinski definition) is 1. The van der Waals surface area contributed by atoms with E-state index in [0.29, 0.717) is 22.9 Å². The highest BCUT2D eigenvalue weighted by atomic mass is 16.4. The van der Waals surface area contributed by atoms with Gasteiger partial charge in [-0.1, -0.05) is 30.3 Å². The van der Waals surface area contributed by atoms with Crippen LogP contribution in [0, 0.1) is 13.8 Å². The van der Waals surface area contributed by atoms with E-state index in [1.807, 2.05) is 32.0 Å². The number of aliphatic hydroxyl groups is 1. The molecule has 0 fully saturated rings. The molecule has 1 aromatic carbocycles. The van der Waals surface area contributed by atoms with Crippen LogP contribution in [0.4, 0.5) is 5.82 Å². The Kier molecular flexibility index (Phi) is 5.05. The number of rotatable bonds is 7. The molecule has 1 N–H and O–H groups in total. The average molecular weight is 326 g/mol. The number of unbranched alkanes of at least 4 members (excludes halogenated alkanes) is 1. The molecule has 6 heteroatoms. The van der Waals surface area contributed by atoms with Crippen molar-refractivity contribution in [3.8, 4) is 0 Å². The summed E-state index contributed by atoms with van der Waals surface area (Å²) in [5.74, 6) is 2.03. The molecule has 6 nitrogen and oxygen atoms in total. The fourth-order valence-corrected chi connectivity index (χ4v) is 2.71. The van der Waals surface area contributed by atoms with Crippen molar-refractivity contribution in [2.24, 2.45) is 0 Å². The van der Waals surface area contributed by atoms with Gasteiger partial charge in [0.1, 0.15) is 5.82 Å². The monoisotopic (exact) mass is 326 g/mol. The summed E-state index contributed by atoms with van der Waals surface area (Å²) in [5, 5.41) is 9.09. The largest absolute Gasteiger partial charge is 0.422 e. The van der Waals surface area contributed by atoms with Crippen LogP contribution in [0.5, 0.6) is 0 Å². The van der Waals surface area contributed by atoms with Gasteiger partial charge in [-0.15, -0.1) is 0 Å². The van der Waals surface area contributed by atoms with Gasteiger partial charge in [0.25, 0.3) is 5.71 Å². The van der Waals surface area contributed by atoms with Crippen LogP contribution < -0.4 is 4.90 Å². The lowest BCUT2D eigenvalue weighted by atomic mass is 10.2. The standard InChI is InChI=1S/C18H22N4O2/c1-13-19-17(16-18(20-13)24-14(2)21-16)22(10-6-7-11-23)12-15-8-4-3-5-9-15/h3-5,8-9,23H,6-7,10-12H2,1-2H3. The highest BCUT2D eigenvalue weighted by Crippen LogP contribution is 2.25. The molecule has 2 aromatic heterocycles. The number of aliphatic hydroxyl groups excluding tert-OH is 1. The number of aryl methyl sites for hydroxylation is 2. The maximum Gasteiger partial charge on any atom is 0.252 e. The second-order valence-electron chi connectivity index (χ2n) is 5.82. The zero-order valence-electron chi connectivity index (χ0n) is 14.1. The van der Waals surface area contributed by atoms with E-state index >= 15 is 0 Å². The Bertz CT molecular complexity index is 801. The number of oxazole rings is 1. The van der Waals surface area contributed by atoms with Gasteiger partial charge in [0, 0.05) is 26.6 Å². The van der Waals surface area contributed by atoms with Crippen molar-refractivity contribution in [3.63, 3.8) is 0 Å². The summed E-state index contributed by atoms with van der Waals surface area (Å²) in [6.45, 7) is 5.38. The Morgan fingerprint density at radius 1 is 1.04 bits per heavy atom. The third kappa shape index (κ3) is 3.71. The lowest BCUT2D eigenvalue weighted by molar-refractivity contribution is 0.285. The first-order chi connectivity index (χ1) is 11.7. The molecule has 2 heterocycles. The van der Waals surface area contributed by atoms with Gasteiger partial charge >= 0.3 is 0 Å². The molecule has 0 aliphatic rings. The Morgan fingerprint density at radius 3 is 2.58 bits per heavy atom. The van der Waals surface area contributed by atoms with Crippen LogP contribution in [0.3, 0.4) is 0 Å². The molecule has 0 radical (unpaired) electrons. The van der Waals surface area contributed by atoms with Gasteiger partial charge in [-0.2, -0.15) is 4.98 Å². The van der Waals surface area contributed by atoms with Crippen LogP contribution in [0.15, 0.2) is 34.7 Å². The average Bonchev–Trinajstić information content (AvgIpc) is 2.94. The topological polar surface area (TPSA) is 75.3 Å². The van der Waals surface area contributed by atoms with E-state index in [0.717, 1.165) is 31.7 Å². The quantitative estimate of drug-likeness (QED) is 0.673. The predicted molar refractivity (Wildman–Crippen MR) is 92.9 cm³/mol. The molecule has 0 saturated carbocycles. The maximum atomic E-state index is 9.09. The molecule has 0 bridgehead atoms. The van der Waals surface area contributed by atoms with Gasteiger partial charge in [-0.25, -0.2) is 9.97 Å². The van der Waals surface area contributed by atoms with Gasteiger partial charge in [-0.05, 0) is 25.3 Å². The molecule has 0 aliphatic carbocycles. The molecule has 0 atom stereocenters. The minimum absolute atomic E-state index is 0.195. The molecule has 3 rings (SSSR count). The van der Waals surface area contributed by atoms with Gasteiger partial charge in [0.05, 0.1) is 0 Å². The normalized spacial score (nSPS) is 11.1. The van der Waals surface area contributed by atoms with Crippen molar-refractivity contribution < 1.29 is 9.52 Å². The summed E-state index contributed by atoms with van der Waals surface area (Å²) in [5.41, 5.74) is 2.42. The summed E-state index contributed by atoms with van der Waals surface area (Å²) in [4.78, 5) is 15.6. The summed E-state index contributed by atoms with van der Waals surface area (Å²) in [6, 6.07) is 10.3. The van der Waals surface area contributed by atoms with E-state index in [2.05, 4.69) is 32.0 Å². The molecule has 3 aromatic rings. The number of fused-ring (bicyclic) bond motifs is 1. The molecule has 24 heavy (non-hydrogen) atoms. The highest BCUT2D eigenvalue weighted by molar-refractivity contribution is 5.82. The first-order valence-electron chi connectivity index (χ1n) is 8.19. The molecule has 0 spiro atoms. The van der Waals surface area contributed by atoms with Crippen molar-refractivity contribution in [3.05, 3.63) is 47.6 Å². The number of benzene rings is 1.